The number of rotatable bonds is 5. The number of hydrogen-bond donors (Lipinski definition) is 1. The minimum atomic E-state index is -0.856. The Morgan fingerprint density at radius 3 is 2.45 bits per heavy atom. The number of amides is 1. The summed E-state index contributed by atoms with van der Waals surface area (Å²) in [6.07, 6.45) is 3.17. The Morgan fingerprint density at radius 2 is 1.91 bits per heavy atom. The van der Waals surface area contributed by atoms with Crippen LogP contribution >= 0.6 is 0 Å². The minimum Gasteiger partial charge on any atom is -0.493 e. The van der Waals surface area contributed by atoms with Crippen molar-refractivity contribution in [1.29, 1.82) is 5.26 Å². The van der Waals surface area contributed by atoms with Crippen LogP contribution < -0.4 is 14.8 Å². The summed E-state index contributed by atoms with van der Waals surface area (Å²) in [5, 5.41) is 12.3. The number of carbonyl (C=O) groups excluding carboxylic acids is 1. The van der Waals surface area contributed by atoms with Crippen LogP contribution in [0.5, 0.6) is 11.5 Å². The molecule has 0 bridgehead atoms. The molecule has 1 aromatic carbocycles. The molecule has 1 atom stereocenters. The third kappa shape index (κ3) is 3.01. The van der Waals surface area contributed by atoms with Crippen molar-refractivity contribution in [2.45, 2.75) is 38.6 Å². The number of carbonyl (C=O) groups is 1. The first-order valence-electron chi connectivity index (χ1n) is 7.50. The van der Waals surface area contributed by atoms with Gasteiger partial charge >= 0.3 is 0 Å². The second-order valence-electron chi connectivity index (χ2n) is 5.71. The Balaban J connectivity index is 2.14. The molecular weight excluding hydrogens is 280 g/mol. The van der Waals surface area contributed by atoms with E-state index in [0.29, 0.717) is 24.3 Å². The maximum Gasteiger partial charge on any atom is 0.240 e. The SMILES string of the molecule is COc1ccc(C(C)NC(=O)C2(C#N)CCCC2)cc1OC. The zero-order valence-electron chi connectivity index (χ0n) is 13.3. The second kappa shape index (κ2) is 6.69. The average Bonchev–Trinajstić information content (AvgIpc) is 3.04. The number of nitriles is 1. The predicted octanol–water partition coefficient (Wildman–Crippen LogP) is 2.96. The Kier molecular flexibility index (Phi) is 4.92. The van der Waals surface area contributed by atoms with Gasteiger partial charge in [-0.2, -0.15) is 5.26 Å². The first kappa shape index (κ1) is 16.2. The summed E-state index contributed by atoms with van der Waals surface area (Å²) in [5.74, 6) is 1.10. The lowest BCUT2D eigenvalue weighted by molar-refractivity contribution is -0.128. The summed E-state index contributed by atoms with van der Waals surface area (Å²) in [7, 11) is 3.16. The van der Waals surface area contributed by atoms with Crippen molar-refractivity contribution in [2.75, 3.05) is 14.2 Å². The molecule has 22 heavy (non-hydrogen) atoms. The van der Waals surface area contributed by atoms with Crippen LogP contribution in [0.2, 0.25) is 0 Å². The number of methoxy groups -OCH3 is 2. The summed E-state index contributed by atoms with van der Waals surface area (Å²) >= 11 is 0. The van der Waals surface area contributed by atoms with Crippen molar-refractivity contribution in [3.63, 3.8) is 0 Å². The topological polar surface area (TPSA) is 71.3 Å². The lowest BCUT2D eigenvalue weighted by Crippen LogP contribution is -2.39. The number of nitrogens with zero attached hydrogens (tertiary/aromatic N) is 1. The van der Waals surface area contributed by atoms with E-state index in [1.165, 1.54) is 0 Å². The van der Waals surface area contributed by atoms with Gasteiger partial charge in [0.15, 0.2) is 11.5 Å². The summed E-state index contributed by atoms with van der Waals surface area (Å²) in [4.78, 5) is 12.5. The zero-order valence-corrected chi connectivity index (χ0v) is 13.3. The first-order valence-corrected chi connectivity index (χ1v) is 7.50. The molecule has 0 heterocycles. The highest BCUT2D eigenvalue weighted by Crippen LogP contribution is 2.38. The van der Waals surface area contributed by atoms with Gasteiger partial charge in [-0.25, -0.2) is 0 Å². The first-order chi connectivity index (χ1) is 10.6. The van der Waals surface area contributed by atoms with Gasteiger partial charge in [0.25, 0.3) is 0 Å². The molecule has 118 valence electrons. The second-order valence-corrected chi connectivity index (χ2v) is 5.71. The normalized spacial score (nSPS) is 17.4. The van der Waals surface area contributed by atoms with Gasteiger partial charge in [-0.3, -0.25) is 4.79 Å². The van der Waals surface area contributed by atoms with Crippen LogP contribution in [0.25, 0.3) is 0 Å². The van der Waals surface area contributed by atoms with Gasteiger partial charge in [0.1, 0.15) is 5.41 Å². The number of nitrogens with one attached hydrogen (secondary N) is 1. The predicted molar refractivity (Wildman–Crippen MR) is 82.6 cm³/mol. The molecular formula is C17H22N2O3. The van der Waals surface area contributed by atoms with Crippen LogP contribution in [0.4, 0.5) is 0 Å². The molecule has 1 saturated carbocycles. The molecule has 1 aliphatic carbocycles. The summed E-state index contributed by atoms with van der Waals surface area (Å²) < 4.78 is 10.5. The summed E-state index contributed by atoms with van der Waals surface area (Å²) in [6, 6.07) is 7.57. The highest BCUT2D eigenvalue weighted by atomic mass is 16.5. The molecule has 5 heteroatoms. The zero-order chi connectivity index (χ0) is 16.2. The molecule has 1 N–H and O–H groups in total. The largest absolute Gasteiger partial charge is 0.493 e. The number of hydrogen-bond acceptors (Lipinski definition) is 4. The fourth-order valence-electron chi connectivity index (χ4n) is 2.91. The highest BCUT2D eigenvalue weighted by Gasteiger charge is 2.41. The fourth-order valence-corrected chi connectivity index (χ4v) is 2.91. The quantitative estimate of drug-likeness (QED) is 0.907. The molecule has 0 spiro atoms. The van der Waals surface area contributed by atoms with Gasteiger partial charge in [-0.05, 0) is 37.5 Å². The van der Waals surface area contributed by atoms with E-state index in [1.54, 1.807) is 14.2 Å². The van der Waals surface area contributed by atoms with Crippen molar-refractivity contribution in [2.24, 2.45) is 5.41 Å². The van der Waals surface area contributed by atoms with Crippen molar-refractivity contribution >= 4 is 5.91 Å². The molecule has 0 saturated heterocycles. The van der Waals surface area contributed by atoms with Crippen molar-refractivity contribution in [1.82, 2.24) is 5.32 Å². The highest BCUT2D eigenvalue weighted by molar-refractivity contribution is 5.86. The van der Waals surface area contributed by atoms with E-state index in [-0.39, 0.29) is 11.9 Å². The van der Waals surface area contributed by atoms with E-state index in [1.807, 2.05) is 25.1 Å². The maximum absolute atomic E-state index is 12.5. The number of benzene rings is 1. The van der Waals surface area contributed by atoms with Crippen molar-refractivity contribution in [3.8, 4) is 17.6 Å². The molecule has 1 aromatic rings. The van der Waals surface area contributed by atoms with Gasteiger partial charge in [0.2, 0.25) is 5.91 Å². The Labute approximate surface area is 131 Å². The van der Waals surface area contributed by atoms with E-state index >= 15 is 0 Å². The van der Waals surface area contributed by atoms with Crippen LogP contribution in [0, 0.1) is 16.7 Å². The average molecular weight is 302 g/mol. The summed E-state index contributed by atoms with van der Waals surface area (Å²) in [5.41, 5.74) is 0.0576. The van der Waals surface area contributed by atoms with E-state index in [0.717, 1.165) is 18.4 Å². The van der Waals surface area contributed by atoms with Gasteiger partial charge in [-0.15, -0.1) is 0 Å². The van der Waals surface area contributed by atoms with Gasteiger partial charge in [0.05, 0.1) is 26.3 Å². The molecule has 1 unspecified atom stereocenters. The third-order valence-electron chi connectivity index (χ3n) is 4.36. The minimum absolute atomic E-state index is 0.171. The van der Waals surface area contributed by atoms with Crippen LogP contribution in [0.1, 0.15) is 44.2 Å². The number of ether oxygens (including phenoxy) is 2. The smallest absolute Gasteiger partial charge is 0.240 e. The van der Waals surface area contributed by atoms with Crippen molar-refractivity contribution in [3.05, 3.63) is 23.8 Å². The van der Waals surface area contributed by atoms with Gasteiger partial charge < -0.3 is 14.8 Å². The van der Waals surface area contributed by atoms with E-state index in [2.05, 4.69) is 11.4 Å². The van der Waals surface area contributed by atoms with E-state index in [9.17, 15) is 10.1 Å². The molecule has 0 aliphatic heterocycles. The van der Waals surface area contributed by atoms with Crippen molar-refractivity contribution < 1.29 is 14.3 Å². The lowest BCUT2D eigenvalue weighted by Gasteiger charge is -2.23. The Bertz CT molecular complexity index is 586. The fraction of sp³-hybridized carbons (Fsp3) is 0.529. The van der Waals surface area contributed by atoms with Crippen LogP contribution in [-0.2, 0) is 4.79 Å². The standard InChI is InChI=1S/C17H22N2O3/c1-12(13-6-7-14(21-2)15(10-13)22-3)19-16(20)17(11-18)8-4-5-9-17/h6-7,10,12H,4-5,8-9H2,1-3H3,(H,19,20). The molecule has 2 rings (SSSR count). The molecule has 5 nitrogen and oxygen atoms in total. The molecule has 0 radical (unpaired) electrons. The molecule has 1 fully saturated rings. The van der Waals surface area contributed by atoms with Crippen LogP contribution in [0.15, 0.2) is 18.2 Å². The van der Waals surface area contributed by atoms with E-state index < -0.39 is 5.41 Å². The molecule has 1 amide bonds. The van der Waals surface area contributed by atoms with Gasteiger partial charge in [-0.1, -0.05) is 18.9 Å². The monoisotopic (exact) mass is 302 g/mol. The lowest BCUT2D eigenvalue weighted by atomic mass is 9.86. The Hall–Kier alpha value is -2.22. The summed E-state index contributed by atoms with van der Waals surface area (Å²) in [6.45, 7) is 1.90. The third-order valence-corrected chi connectivity index (χ3v) is 4.36. The van der Waals surface area contributed by atoms with Gasteiger partial charge in [0, 0.05) is 0 Å². The molecule has 1 aliphatic rings. The van der Waals surface area contributed by atoms with Crippen LogP contribution in [0.3, 0.4) is 0 Å². The maximum atomic E-state index is 12.5. The van der Waals surface area contributed by atoms with Crippen LogP contribution in [-0.4, -0.2) is 20.1 Å². The Morgan fingerprint density at radius 1 is 1.27 bits per heavy atom. The molecule has 0 aromatic heterocycles. The van der Waals surface area contributed by atoms with E-state index in [4.69, 9.17) is 9.47 Å².